The number of rotatable bonds is 0. The van der Waals surface area contributed by atoms with Crippen molar-refractivity contribution < 1.29 is 20.3 Å². The van der Waals surface area contributed by atoms with Crippen molar-refractivity contribution in [1.82, 2.24) is 0 Å². The van der Waals surface area contributed by atoms with Gasteiger partial charge in [-0.05, 0) is 0 Å². The van der Waals surface area contributed by atoms with Crippen LogP contribution in [0.5, 0.6) is 0 Å². The third-order valence-electron chi connectivity index (χ3n) is 0. The molecular formula is H11AlGeLiP. The van der Waals surface area contributed by atoms with Crippen LogP contribution in [0.4, 0.5) is 0 Å². The molecule has 1 unspecified atom stereocenters. The predicted molar refractivity (Wildman–Crippen MR) is 33.5 cm³/mol. The molecule has 0 aliphatic heterocycles. The Morgan fingerprint density at radius 1 is 1.25 bits per heavy atom. The molecule has 0 fully saturated rings. The monoisotopic (exact) mass is 150 g/mol. The van der Waals surface area contributed by atoms with E-state index in [0.717, 1.165) is 0 Å². The Hall–Kier alpha value is 2.10. The van der Waals surface area contributed by atoms with Gasteiger partial charge in [0, 0.05) is 0 Å². The van der Waals surface area contributed by atoms with Crippen LogP contribution in [0, 0.1) is 0 Å². The maximum Gasteiger partial charge on any atom is 1.00 e. The van der Waals surface area contributed by atoms with Crippen molar-refractivity contribution in [3.63, 3.8) is 0 Å². The predicted octanol–water partition coefficient (Wildman–Crippen LogP) is -5.46. The van der Waals surface area contributed by atoms with E-state index in [1.54, 1.807) is 0 Å². The number of hydrogen-bond acceptors (Lipinski definition) is 0. The Kier molecular flexibility index (Phi) is 175. The maximum absolute atomic E-state index is 0. The van der Waals surface area contributed by atoms with Gasteiger partial charge in [-0.1, -0.05) is 0 Å². The molecule has 0 aromatic heterocycles. The Bertz CT molecular complexity index is 11.6. The third kappa shape index (κ3) is 8.93. The third-order valence-corrected chi connectivity index (χ3v) is 0. The summed E-state index contributed by atoms with van der Waals surface area (Å²) in [5.41, 5.74) is 0. The summed E-state index contributed by atoms with van der Waals surface area (Å²) in [6, 6.07) is 0. The van der Waals surface area contributed by atoms with E-state index in [0.29, 0.717) is 0 Å². The van der Waals surface area contributed by atoms with E-state index in [1.807, 2.05) is 0 Å². The Morgan fingerprint density at radius 3 is 1.25 bits per heavy atom. The van der Waals surface area contributed by atoms with Crippen LogP contribution in [0.3, 0.4) is 0 Å². The summed E-state index contributed by atoms with van der Waals surface area (Å²) in [4.78, 5) is 0. The summed E-state index contributed by atoms with van der Waals surface area (Å²) < 4.78 is 0. The van der Waals surface area contributed by atoms with Gasteiger partial charge in [0.2, 0.25) is 0 Å². The van der Waals surface area contributed by atoms with Gasteiger partial charge in [0.25, 0.3) is 0 Å². The molecule has 1 atom stereocenters. The van der Waals surface area contributed by atoms with E-state index in [9.17, 15) is 0 Å². The van der Waals surface area contributed by atoms with Crippen LogP contribution in [-0.2, 0) is 0 Å². The number of hydrogen-bond donors (Lipinski definition) is 0. The van der Waals surface area contributed by atoms with Crippen LogP contribution in [0.1, 0.15) is 1.43 Å². The second-order valence-electron chi connectivity index (χ2n) is 0. The van der Waals surface area contributed by atoms with Crippen LogP contribution < -0.4 is 18.9 Å². The first-order valence-corrected chi connectivity index (χ1v) is 0. The van der Waals surface area contributed by atoms with Crippen molar-refractivity contribution in [3.8, 4) is 0 Å². The smallest absolute Gasteiger partial charge is 1.00 e. The van der Waals surface area contributed by atoms with Crippen molar-refractivity contribution in [2.24, 2.45) is 0 Å². The van der Waals surface area contributed by atoms with Crippen molar-refractivity contribution in [2.45, 2.75) is 0 Å². The second-order valence-corrected chi connectivity index (χ2v) is 0. The molecule has 0 heterocycles. The van der Waals surface area contributed by atoms with Crippen molar-refractivity contribution in [2.75, 3.05) is 0 Å². The van der Waals surface area contributed by atoms with Crippen LogP contribution in [0.15, 0.2) is 0 Å². The molecule has 0 aromatic rings. The van der Waals surface area contributed by atoms with Gasteiger partial charge in [-0.25, -0.2) is 0 Å². The molecule has 4 heteroatoms. The zero-order chi connectivity index (χ0) is 0. The molecule has 0 rings (SSSR count). The van der Waals surface area contributed by atoms with Gasteiger partial charge in [-0.3, -0.25) is 0 Å². The fourth-order valence-corrected chi connectivity index (χ4v) is 0. The zero-order valence-corrected chi connectivity index (χ0v) is 3.12. The first-order chi connectivity index (χ1) is 0. The topological polar surface area (TPSA) is 0 Å². The summed E-state index contributed by atoms with van der Waals surface area (Å²) in [5.74, 6) is 0. The summed E-state index contributed by atoms with van der Waals surface area (Å²) >= 11 is 0. The Labute approximate surface area is 64.9 Å². The normalized spacial score (nSPS) is 0. The van der Waals surface area contributed by atoms with Gasteiger partial charge in [0.05, 0.1) is 0 Å². The molecule has 0 nitrogen and oxygen atoms in total. The first-order valence-electron chi connectivity index (χ1n) is 0. The van der Waals surface area contributed by atoms with Gasteiger partial charge >= 0.3 is 36.5 Å². The quantitative estimate of drug-likeness (QED) is 0.238. The van der Waals surface area contributed by atoms with Gasteiger partial charge in [0.15, 0.2) is 17.4 Å². The first kappa shape index (κ1) is 35.9. The van der Waals surface area contributed by atoms with Crippen LogP contribution in [-0.4, -0.2) is 35.0 Å². The molecule has 0 aliphatic carbocycles. The molecule has 0 saturated carbocycles. The Morgan fingerprint density at radius 2 is 1.25 bits per heavy atom. The standard InChI is InChI=1S/Al.GeH4.Li.H3P.4H/h;1H4;;1H3;;;;/q;;+1;;;;;-1. The van der Waals surface area contributed by atoms with Gasteiger partial charge in [-0.15, -0.1) is 0 Å². The van der Waals surface area contributed by atoms with E-state index in [2.05, 4.69) is 0 Å². The fourth-order valence-electron chi connectivity index (χ4n) is 0. The molecule has 0 N–H and O–H groups in total. The molecule has 0 aromatic carbocycles. The van der Waals surface area contributed by atoms with Crippen LogP contribution >= 0.6 is 9.90 Å². The van der Waals surface area contributed by atoms with Crippen LogP contribution in [0.25, 0.3) is 0 Å². The Balaban J connectivity index is 0. The maximum atomic E-state index is 0. The molecule has 0 bridgehead atoms. The van der Waals surface area contributed by atoms with E-state index < -0.39 is 0 Å². The molecule has 0 amide bonds. The van der Waals surface area contributed by atoms with E-state index >= 15 is 0 Å². The van der Waals surface area contributed by atoms with E-state index in [-0.39, 0.29) is 65.1 Å². The minimum Gasteiger partial charge on any atom is -1.00 e. The van der Waals surface area contributed by atoms with E-state index in [1.165, 1.54) is 0 Å². The van der Waals surface area contributed by atoms with Crippen LogP contribution in [0.2, 0.25) is 0 Å². The average molecular weight is 149 g/mol. The summed E-state index contributed by atoms with van der Waals surface area (Å²) in [6.45, 7) is 0. The molecule has 4 heavy (non-hydrogen) atoms. The van der Waals surface area contributed by atoms with Crippen molar-refractivity contribution >= 4 is 44.9 Å². The molecule has 0 aliphatic rings. The average Bonchev–Trinajstić information content (AvgIpc) is 0. The molecule has 0 radical (unpaired) electrons. The second kappa shape index (κ2) is 19.4. The van der Waals surface area contributed by atoms with Crippen molar-refractivity contribution in [1.29, 1.82) is 0 Å². The van der Waals surface area contributed by atoms with E-state index in [4.69, 9.17) is 0 Å². The minimum absolute atomic E-state index is 0. The molecular weight excluding hydrogens is 138 g/mol. The van der Waals surface area contributed by atoms with Crippen molar-refractivity contribution in [3.05, 3.63) is 0 Å². The molecule has 24 valence electrons. The van der Waals surface area contributed by atoms with Gasteiger partial charge in [-0.2, -0.15) is 9.90 Å². The summed E-state index contributed by atoms with van der Waals surface area (Å²) in [5, 5.41) is 0. The zero-order valence-electron chi connectivity index (χ0n) is 2.71. The molecule has 0 saturated heterocycles. The minimum atomic E-state index is 0. The summed E-state index contributed by atoms with van der Waals surface area (Å²) in [6.07, 6.45) is 0. The molecule has 0 spiro atoms. The largest absolute Gasteiger partial charge is 1.00 e. The summed E-state index contributed by atoms with van der Waals surface area (Å²) in [7, 11) is 0. The fraction of sp³-hybridized carbons (Fsp3) is 0. The van der Waals surface area contributed by atoms with Gasteiger partial charge in [0.1, 0.15) is 0 Å². The SMILES string of the molecule is P.[AlH3].[GeH4].[H-].[Li+]. The van der Waals surface area contributed by atoms with Gasteiger partial charge < -0.3 is 1.43 Å².